The van der Waals surface area contributed by atoms with Crippen LogP contribution in [0.1, 0.15) is 12.0 Å². The topological polar surface area (TPSA) is 71.7 Å². The minimum absolute atomic E-state index is 0.0125. The summed E-state index contributed by atoms with van der Waals surface area (Å²) in [6.45, 7) is 2.62. The normalized spacial score (nSPS) is 12.8. The van der Waals surface area contributed by atoms with Crippen LogP contribution in [0.5, 0.6) is 0 Å². The van der Waals surface area contributed by atoms with Crippen LogP contribution in [0, 0.1) is 6.92 Å². The Bertz CT molecular complexity index is 506. The fourth-order valence-electron chi connectivity index (χ4n) is 1.78. The zero-order chi connectivity index (χ0) is 13.0. The van der Waals surface area contributed by atoms with Gasteiger partial charge in [-0.15, -0.1) is 5.10 Å². The lowest BCUT2D eigenvalue weighted by Crippen LogP contribution is -2.26. The third-order valence-corrected chi connectivity index (χ3v) is 2.66. The predicted octanol–water partition coefficient (Wildman–Crippen LogP) is 0.847. The summed E-state index contributed by atoms with van der Waals surface area (Å²) in [7, 11) is 1.63. The summed E-state index contributed by atoms with van der Waals surface area (Å²) in [4.78, 5) is 4.36. The van der Waals surface area contributed by atoms with Crippen molar-refractivity contribution in [1.29, 1.82) is 0 Å². The number of aryl methyl sites for hydroxylation is 1. The number of hydrogen-bond donors (Lipinski definition) is 2. The van der Waals surface area contributed by atoms with E-state index in [2.05, 4.69) is 15.4 Å². The molecule has 0 saturated heterocycles. The summed E-state index contributed by atoms with van der Waals surface area (Å²) in [6.07, 6.45) is 2.52. The van der Waals surface area contributed by atoms with Crippen molar-refractivity contribution < 1.29 is 9.84 Å². The molecule has 0 radical (unpaired) electrons. The van der Waals surface area contributed by atoms with E-state index in [0.717, 1.165) is 11.2 Å². The maximum Gasteiger partial charge on any atom is 0.243 e. The number of nitrogens with zero attached hydrogens (tertiary/aromatic N) is 3. The molecule has 0 spiro atoms. The second kappa shape index (κ2) is 5.79. The molecule has 0 saturated carbocycles. The van der Waals surface area contributed by atoms with Crippen molar-refractivity contribution in [3.8, 4) is 0 Å². The van der Waals surface area contributed by atoms with Crippen LogP contribution in [0.4, 0.5) is 5.95 Å². The summed E-state index contributed by atoms with van der Waals surface area (Å²) in [5.74, 6) is 0.552. The van der Waals surface area contributed by atoms with Gasteiger partial charge in [-0.25, -0.2) is 4.52 Å². The van der Waals surface area contributed by atoms with E-state index in [1.165, 1.54) is 0 Å². The Labute approximate surface area is 106 Å². The second-order valence-corrected chi connectivity index (χ2v) is 4.25. The van der Waals surface area contributed by atoms with Gasteiger partial charge in [0.05, 0.1) is 12.6 Å². The Morgan fingerprint density at radius 1 is 1.50 bits per heavy atom. The molecule has 6 heteroatoms. The molecule has 0 amide bonds. The van der Waals surface area contributed by atoms with Gasteiger partial charge in [-0.05, 0) is 25.0 Å². The molecule has 0 aliphatic heterocycles. The number of anilines is 1. The van der Waals surface area contributed by atoms with Crippen molar-refractivity contribution in [2.24, 2.45) is 0 Å². The molecule has 0 aliphatic carbocycles. The van der Waals surface area contributed by atoms with Crippen LogP contribution in [-0.4, -0.2) is 46.1 Å². The first-order valence-corrected chi connectivity index (χ1v) is 5.92. The van der Waals surface area contributed by atoms with Gasteiger partial charge in [0.2, 0.25) is 5.95 Å². The molecule has 1 unspecified atom stereocenters. The number of aliphatic hydroxyl groups excluding tert-OH is 1. The first-order valence-electron chi connectivity index (χ1n) is 5.92. The lowest BCUT2D eigenvalue weighted by Gasteiger charge is -2.14. The number of nitrogens with one attached hydrogen (secondary N) is 1. The molecular weight excluding hydrogens is 232 g/mol. The molecule has 0 aromatic carbocycles. The molecule has 0 bridgehead atoms. The van der Waals surface area contributed by atoms with Gasteiger partial charge < -0.3 is 15.2 Å². The Kier molecular flexibility index (Phi) is 4.11. The number of rotatable bonds is 6. The van der Waals surface area contributed by atoms with Crippen LogP contribution in [0.15, 0.2) is 18.3 Å². The lowest BCUT2D eigenvalue weighted by atomic mass is 10.2. The molecule has 18 heavy (non-hydrogen) atoms. The number of aliphatic hydroxyl groups is 1. The Morgan fingerprint density at radius 2 is 2.33 bits per heavy atom. The van der Waals surface area contributed by atoms with Crippen molar-refractivity contribution in [1.82, 2.24) is 14.6 Å². The van der Waals surface area contributed by atoms with Gasteiger partial charge in [0.25, 0.3) is 0 Å². The molecular formula is C12H18N4O2. The summed E-state index contributed by atoms with van der Waals surface area (Å²) in [6, 6.07) is 3.93. The van der Waals surface area contributed by atoms with Crippen LogP contribution >= 0.6 is 0 Å². The standard InChI is InChI=1S/C12H18N4O2/c1-9-3-4-11-14-12(15-16(11)7-9)13-10(5-6-17)8-18-2/h3-4,7,10,17H,5-6,8H2,1-2H3,(H,13,15). The van der Waals surface area contributed by atoms with Gasteiger partial charge in [-0.3, -0.25) is 0 Å². The number of ether oxygens (including phenoxy) is 1. The van der Waals surface area contributed by atoms with Crippen molar-refractivity contribution in [2.75, 3.05) is 25.6 Å². The molecule has 2 aromatic heterocycles. The highest BCUT2D eigenvalue weighted by atomic mass is 16.5. The van der Waals surface area contributed by atoms with Gasteiger partial charge in [-0.2, -0.15) is 4.98 Å². The first-order chi connectivity index (χ1) is 8.72. The fraction of sp³-hybridized carbons (Fsp3) is 0.500. The molecule has 1 atom stereocenters. The lowest BCUT2D eigenvalue weighted by molar-refractivity contribution is 0.170. The monoisotopic (exact) mass is 250 g/mol. The van der Waals surface area contributed by atoms with E-state index < -0.39 is 0 Å². The largest absolute Gasteiger partial charge is 0.396 e. The summed E-state index contributed by atoms with van der Waals surface area (Å²) in [5, 5.41) is 16.5. The number of aromatic nitrogens is 3. The molecule has 0 aliphatic rings. The zero-order valence-corrected chi connectivity index (χ0v) is 10.6. The highest BCUT2D eigenvalue weighted by Gasteiger charge is 2.11. The molecule has 2 heterocycles. The van der Waals surface area contributed by atoms with E-state index in [1.807, 2.05) is 25.3 Å². The van der Waals surface area contributed by atoms with E-state index in [-0.39, 0.29) is 12.6 Å². The van der Waals surface area contributed by atoms with Gasteiger partial charge in [0.15, 0.2) is 5.65 Å². The van der Waals surface area contributed by atoms with Crippen LogP contribution in [0.25, 0.3) is 5.65 Å². The van der Waals surface area contributed by atoms with E-state index in [0.29, 0.717) is 19.0 Å². The molecule has 98 valence electrons. The Balaban J connectivity index is 2.14. The molecule has 2 N–H and O–H groups in total. The van der Waals surface area contributed by atoms with E-state index >= 15 is 0 Å². The van der Waals surface area contributed by atoms with Crippen molar-refractivity contribution in [2.45, 2.75) is 19.4 Å². The summed E-state index contributed by atoms with van der Waals surface area (Å²) in [5.41, 5.74) is 1.92. The van der Waals surface area contributed by atoms with Crippen LogP contribution in [0.3, 0.4) is 0 Å². The summed E-state index contributed by atoms with van der Waals surface area (Å²) >= 11 is 0. The van der Waals surface area contributed by atoms with Gasteiger partial charge in [-0.1, -0.05) is 6.07 Å². The maximum atomic E-state index is 8.98. The SMILES string of the molecule is COCC(CCO)Nc1nc2ccc(C)cn2n1. The predicted molar refractivity (Wildman–Crippen MR) is 68.7 cm³/mol. The maximum absolute atomic E-state index is 8.98. The summed E-state index contributed by atoms with van der Waals surface area (Å²) < 4.78 is 6.82. The Hall–Kier alpha value is -1.66. The van der Waals surface area contributed by atoms with Gasteiger partial charge in [0.1, 0.15) is 0 Å². The smallest absolute Gasteiger partial charge is 0.243 e. The van der Waals surface area contributed by atoms with E-state index in [4.69, 9.17) is 9.84 Å². The van der Waals surface area contributed by atoms with Gasteiger partial charge >= 0.3 is 0 Å². The van der Waals surface area contributed by atoms with Crippen molar-refractivity contribution >= 4 is 11.6 Å². The Morgan fingerprint density at radius 3 is 3.06 bits per heavy atom. The van der Waals surface area contributed by atoms with Crippen molar-refractivity contribution in [3.63, 3.8) is 0 Å². The van der Waals surface area contributed by atoms with Crippen LogP contribution < -0.4 is 5.32 Å². The minimum Gasteiger partial charge on any atom is -0.396 e. The minimum atomic E-state index is 0.0125. The van der Waals surface area contributed by atoms with Crippen molar-refractivity contribution in [3.05, 3.63) is 23.9 Å². The first kappa shape index (κ1) is 12.8. The van der Waals surface area contributed by atoms with E-state index in [9.17, 15) is 0 Å². The number of hydrogen-bond acceptors (Lipinski definition) is 5. The fourth-order valence-corrected chi connectivity index (χ4v) is 1.78. The highest BCUT2D eigenvalue weighted by molar-refractivity contribution is 5.44. The molecule has 2 rings (SSSR count). The second-order valence-electron chi connectivity index (χ2n) is 4.25. The number of methoxy groups -OCH3 is 1. The average Bonchev–Trinajstić information content (AvgIpc) is 2.71. The van der Waals surface area contributed by atoms with Crippen LogP contribution in [0.2, 0.25) is 0 Å². The number of fused-ring (bicyclic) bond motifs is 1. The number of pyridine rings is 1. The third-order valence-electron chi connectivity index (χ3n) is 2.66. The zero-order valence-electron chi connectivity index (χ0n) is 10.6. The van der Waals surface area contributed by atoms with E-state index in [1.54, 1.807) is 11.6 Å². The van der Waals surface area contributed by atoms with Gasteiger partial charge in [0, 0.05) is 19.9 Å². The van der Waals surface area contributed by atoms with Crippen LogP contribution in [-0.2, 0) is 4.74 Å². The average molecular weight is 250 g/mol. The molecule has 0 fully saturated rings. The third kappa shape index (κ3) is 2.96. The molecule has 2 aromatic rings. The molecule has 6 nitrogen and oxygen atoms in total. The highest BCUT2D eigenvalue weighted by Crippen LogP contribution is 2.09. The quantitative estimate of drug-likeness (QED) is 0.795.